The third kappa shape index (κ3) is 5.16. The Morgan fingerprint density at radius 3 is 1.65 bits per heavy atom. The number of benzene rings is 7. The van der Waals surface area contributed by atoms with Crippen LogP contribution in [-0.4, -0.2) is 0 Å². The van der Waals surface area contributed by atoms with E-state index in [9.17, 15) is 0 Å². The number of nitrogens with zero attached hydrogens (tertiary/aromatic N) is 1. The molecular formula is C60H53NO. The van der Waals surface area contributed by atoms with Crippen LogP contribution >= 0.6 is 0 Å². The van der Waals surface area contributed by atoms with Gasteiger partial charge in [-0.2, -0.15) is 0 Å². The zero-order valence-corrected chi connectivity index (χ0v) is 36.8. The van der Waals surface area contributed by atoms with Crippen molar-refractivity contribution < 1.29 is 4.42 Å². The Hall–Kier alpha value is -6.38. The molecule has 304 valence electrons. The predicted molar refractivity (Wildman–Crippen MR) is 259 cm³/mol. The molecule has 0 N–H and O–H groups in total. The minimum Gasteiger partial charge on any atom is -0.456 e. The van der Waals surface area contributed by atoms with Crippen molar-refractivity contribution >= 4 is 33.3 Å². The first-order valence-electron chi connectivity index (χ1n) is 22.7. The fourth-order valence-corrected chi connectivity index (χ4v) is 12.2. The molecule has 0 amide bonds. The summed E-state index contributed by atoms with van der Waals surface area (Å²) in [6.07, 6.45) is 9.05. The Bertz CT molecular complexity index is 3180. The molecule has 0 aliphatic heterocycles. The highest BCUT2D eigenvalue weighted by Crippen LogP contribution is 2.58. The highest BCUT2D eigenvalue weighted by Gasteiger charge is 2.47. The van der Waals surface area contributed by atoms with Crippen molar-refractivity contribution in [2.45, 2.75) is 88.9 Å². The Balaban J connectivity index is 1.05. The van der Waals surface area contributed by atoms with Gasteiger partial charge in [-0.05, 0) is 140 Å². The van der Waals surface area contributed by atoms with E-state index in [0.717, 1.165) is 29.7 Å². The van der Waals surface area contributed by atoms with E-state index in [0.29, 0.717) is 0 Å². The second-order valence-electron chi connectivity index (χ2n) is 20.2. The van der Waals surface area contributed by atoms with Crippen molar-refractivity contribution in [2.75, 3.05) is 4.90 Å². The quantitative estimate of drug-likeness (QED) is 0.172. The molecule has 1 aromatic heterocycles. The third-order valence-corrected chi connectivity index (χ3v) is 15.6. The average molecular weight is 804 g/mol. The standard InChI is InChI=1S/C60H53NO/c1-57(2)32-33-58(3,4)54-37-56-48(36-53(54)57)47-31-29-42(35-55(47)62-56)61(41-28-30-46-43-18-10-13-21-49(43)59(5,6)52(46)34-41)40-26-24-39(25-27-40)60(38-16-8-7-9-17-38)50-22-14-11-19-44(50)45-20-12-15-23-51(45)60/h7-24,26,28-31,34-37H,25,27,32-33H2,1-6H3. The van der Waals surface area contributed by atoms with Crippen molar-refractivity contribution in [3.8, 4) is 22.3 Å². The van der Waals surface area contributed by atoms with Crippen LogP contribution in [0.3, 0.4) is 0 Å². The minimum absolute atomic E-state index is 0.114. The molecule has 0 bridgehead atoms. The highest BCUT2D eigenvalue weighted by atomic mass is 16.3. The summed E-state index contributed by atoms with van der Waals surface area (Å²) in [5.74, 6) is 0. The second-order valence-corrected chi connectivity index (χ2v) is 20.2. The summed E-state index contributed by atoms with van der Waals surface area (Å²) in [6, 6.07) is 57.2. The smallest absolute Gasteiger partial charge is 0.137 e. The topological polar surface area (TPSA) is 16.4 Å². The van der Waals surface area contributed by atoms with Gasteiger partial charge in [0.15, 0.2) is 0 Å². The van der Waals surface area contributed by atoms with E-state index in [2.05, 4.69) is 210 Å². The first kappa shape index (κ1) is 37.4. The van der Waals surface area contributed by atoms with Crippen molar-refractivity contribution in [2.24, 2.45) is 0 Å². The van der Waals surface area contributed by atoms with Gasteiger partial charge in [0.25, 0.3) is 0 Å². The largest absolute Gasteiger partial charge is 0.456 e. The lowest BCUT2D eigenvalue weighted by Gasteiger charge is -2.41. The molecule has 4 aliphatic rings. The van der Waals surface area contributed by atoms with Gasteiger partial charge in [-0.25, -0.2) is 0 Å². The summed E-state index contributed by atoms with van der Waals surface area (Å²) in [4.78, 5) is 2.52. The lowest BCUT2D eigenvalue weighted by molar-refractivity contribution is 0.332. The summed E-state index contributed by atoms with van der Waals surface area (Å²) in [6.45, 7) is 14.4. The van der Waals surface area contributed by atoms with Crippen LogP contribution in [0.15, 0.2) is 179 Å². The third-order valence-electron chi connectivity index (χ3n) is 15.6. The number of allylic oxidation sites excluding steroid dienone is 4. The van der Waals surface area contributed by atoms with Gasteiger partial charge >= 0.3 is 0 Å². The Morgan fingerprint density at radius 1 is 0.435 bits per heavy atom. The van der Waals surface area contributed by atoms with Gasteiger partial charge in [0, 0.05) is 39.3 Å². The number of rotatable bonds is 5. The molecule has 0 radical (unpaired) electrons. The first-order valence-corrected chi connectivity index (χ1v) is 22.7. The number of hydrogen-bond acceptors (Lipinski definition) is 2. The Kier molecular flexibility index (Phi) is 7.88. The van der Waals surface area contributed by atoms with E-state index in [1.54, 1.807) is 0 Å². The Morgan fingerprint density at radius 2 is 0.984 bits per heavy atom. The van der Waals surface area contributed by atoms with Crippen molar-refractivity contribution in [3.05, 3.63) is 214 Å². The second kappa shape index (κ2) is 13.1. The molecule has 2 heteroatoms. The maximum atomic E-state index is 6.90. The normalized spacial score (nSPS) is 18.3. The van der Waals surface area contributed by atoms with Gasteiger partial charge in [0.05, 0.1) is 5.41 Å². The minimum atomic E-state index is -0.375. The van der Waals surface area contributed by atoms with Gasteiger partial charge in [-0.1, -0.05) is 162 Å². The van der Waals surface area contributed by atoms with E-state index in [1.807, 2.05) is 0 Å². The zero-order valence-electron chi connectivity index (χ0n) is 36.8. The van der Waals surface area contributed by atoms with E-state index < -0.39 is 0 Å². The number of furan rings is 1. The predicted octanol–water partition coefficient (Wildman–Crippen LogP) is 16.0. The van der Waals surface area contributed by atoms with Crippen LogP contribution in [0.2, 0.25) is 0 Å². The van der Waals surface area contributed by atoms with Gasteiger partial charge in [0.2, 0.25) is 0 Å². The summed E-state index contributed by atoms with van der Waals surface area (Å²) in [5, 5.41) is 2.40. The SMILES string of the molecule is CC1(C)CCC(C)(C)c2cc3c(cc21)oc1cc(N(C2=CC=C(C4(c5ccccc5)c5ccccc5-c5ccccc54)CC2)c2ccc4c(c2)C(C)(C)c2ccccc2-4)ccc13. The molecule has 62 heavy (non-hydrogen) atoms. The van der Waals surface area contributed by atoms with Crippen LogP contribution in [0.1, 0.15) is 106 Å². The summed E-state index contributed by atoms with van der Waals surface area (Å²) in [5.41, 5.74) is 21.7. The molecule has 1 heterocycles. The van der Waals surface area contributed by atoms with Crippen LogP contribution < -0.4 is 4.90 Å². The van der Waals surface area contributed by atoms with E-state index >= 15 is 0 Å². The van der Waals surface area contributed by atoms with Crippen molar-refractivity contribution in [3.63, 3.8) is 0 Å². The van der Waals surface area contributed by atoms with Crippen molar-refractivity contribution in [1.29, 1.82) is 0 Å². The molecule has 0 unspecified atom stereocenters. The van der Waals surface area contributed by atoms with E-state index in [1.165, 1.54) is 102 Å². The van der Waals surface area contributed by atoms with Gasteiger partial charge in [-0.15, -0.1) is 0 Å². The molecule has 0 saturated heterocycles. The number of anilines is 2. The Labute approximate surface area is 366 Å². The molecular weight excluding hydrogens is 751 g/mol. The van der Waals surface area contributed by atoms with Crippen LogP contribution in [0.25, 0.3) is 44.2 Å². The number of fused-ring (bicyclic) bond motifs is 10. The molecule has 0 spiro atoms. The molecule has 7 aromatic carbocycles. The molecule has 0 fully saturated rings. The van der Waals surface area contributed by atoms with Crippen LogP contribution in [0, 0.1) is 0 Å². The molecule has 0 saturated carbocycles. The average Bonchev–Trinajstić information content (AvgIpc) is 3.89. The molecule has 8 aromatic rings. The maximum Gasteiger partial charge on any atom is 0.137 e. The van der Waals surface area contributed by atoms with Gasteiger partial charge < -0.3 is 9.32 Å². The van der Waals surface area contributed by atoms with E-state index in [4.69, 9.17) is 4.42 Å². The zero-order chi connectivity index (χ0) is 42.2. The number of hydrogen-bond donors (Lipinski definition) is 0. The molecule has 0 atom stereocenters. The highest BCUT2D eigenvalue weighted by molar-refractivity contribution is 6.07. The fraction of sp³-hybridized carbons (Fsp3) is 0.233. The summed E-state index contributed by atoms with van der Waals surface area (Å²) < 4.78 is 6.90. The molecule has 4 aliphatic carbocycles. The van der Waals surface area contributed by atoms with Crippen LogP contribution in [-0.2, 0) is 21.7 Å². The summed E-state index contributed by atoms with van der Waals surface area (Å²) >= 11 is 0. The van der Waals surface area contributed by atoms with Gasteiger partial charge in [0.1, 0.15) is 11.2 Å². The molecule has 2 nitrogen and oxygen atoms in total. The lowest BCUT2D eigenvalue weighted by Crippen LogP contribution is -2.33. The van der Waals surface area contributed by atoms with Crippen LogP contribution in [0.4, 0.5) is 11.4 Å². The maximum absolute atomic E-state index is 6.90. The molecule has 12 rings (SSSR count). The monoisotopic (exact) mass is 803 g/mol. The van der Waals surface area contributed by atoms with E-state index in [-0.39, 0.29) is 21.7 Å². The van der Waals surface area contributed by atoms with Gasteiger partial charge in [-0.3, -0.25) is 0 Å². The lowest BCUT2D eigenvalue weighted by atomic mass is 9.63. The van der Waals surface area contributed by atoms with Crippen molar-refractivity contribution in [1.82, 2.24) is 0 Å². The fourth-order valence-electron chi connectivity index (χ4n) is 12.2. The van der Waals surface area contributed by atoms with Crippen LogP contribution in [0.5, 0.6) is 0 Å². The first-order chi connectivity index (χ1) is 30.0. The summed E-state index contributed by atoms with van der Waals surface area (Å²) in [7, 11) is 0.